The molecular weight excluding hydrogens is 190 g/mol. The van der Waals surface area contributed by atoms with E-state index in [1.807, 2.05) is 18.2 Å². The van der Waals surface area contributed by atoms with E-state index in [1.165, 1.54) is 0 Å². The third-order valence-electron chi connectivity index (χ3n) is 3.53. The Hall–Kier alpha value is -1.42. The molecule has 0 aliphatic carbocycles. The molecule has 4 nitrogen and oxygen atoms in total. The summed E-state index contributed by atoms with van der Waals surface area (Å²) in [5.41, 5.74) is 0. The smallest absolute Gasteiger partial charge is 0.193 e. The van der Waals surface area contributed by atoms with Gasteiger partial charge in [0.05, 0.1) is 7.11 Å². The molecule has 0 radical (unpaired) electrons. The van der Waals surface area contributed by atoms with Crippen LogP contribution in [0.25, 0.3) is 0 Å². The van der Waals surface area contributed by atoms with E-state index in [-0.39, 0.29) is 0 Å². The first-order chi connectivity index (χ1) is 7.17. The molecule has 2 heterocycles. The maximum absolute atomic E-state index is 5.17. The van der Waals surface area contributed by atoms with Gasteiger partial charge in [-0.05, 0) is 26.0 Å². The summed E-state index contributed by atoms with van der Waals surface area (Å²) >= 11 is 0. The number of fused-ring (bicyclic) bond motifs is 1. The highest BCUT2D eigenvalue weighted by Gasteiger charge is 2.65. The fourth-order valence-corrected chi connectivity index (χ4v) is 2.17. The topological polar surface area (TPSA) is 34.0 Å². The normalized spacial score (nSPS) is 35.7. The van der Waals surface area contributed by atoms with E-state index in [1.54, 1.807) is 7.11 Å². The monoisotopic (exact) mass is 204 g/mol. The van der Waals surface area contributed by atoms with Gasteiger partial charge < -0.3 is 4.74 Å². The predicted molar refractivity (Wildman–Crippen MR) is 54.5 cm³/mol. The highest BCUT2D eigenvalue weighted by atomic mass is 16.5. The lowest BCUT2D eigenvalue weighted by atomic mass is 10.3. The SMILES string of the molecule is COc1ccc2c(c1)=N[N+]1(N=2)C(C)[C@@H]1C. The summed E-state index contributed by atoms with van der Waals surface area (Å²) in [4.78, 5) is 0. The summed E-state index contributed by atoms with van der Waals surface area (Å²) in [5.74, 6) is 0.843. The van der Waals surface area contributed by atoms with Crippen LogP contribution in [0, 0.1) is 0 Å². The maximum Gasteiger partial charge on any atom is 0.193 e. The number of hydrogen-bond donors (Lipinski definition) is 0. The van der Waals surface area contributed by atoms with Crippen molar-refractivity contribution >= 4 is 0 Å². The van der Waals surface area contributed by atoms with Crippen LogP contribution in [-0.4, -0.2) is 23.9 Å². The maximum atomic E-state index is 5.17. The molecule has 0 bridgehead atoms. The minimum Gasteiger partial charge on any atom is -0.497 e. The summed E-state index contributed by atoms with van der Waals surface area (Å²) in [6, 6.07) is 6.86. The molecule has 2 aliphatic heterocycles. The van der Waals surface area contributed by atoms with Crippen LogP contribution in [0.1, 0.15) is 13.8 Å². The van der Waals surface area contributed by atoms with Crippen LogP contribution < -0.4 is 15.5 Å². The van der Waals surface area contributed by atoms with Crippen molar-refractivity contribution in [3.8, 4) is 5.75 Å². The Bertz CT molecular complexity index is 529. The van der Waals surface area contributed by atoms with Gasteiger partial charge in [0, 0.05) is 6.07 Å². The van der Waals surface area contributed by atoms with Crippen molar-refractivity contribution in [3.63, 3.8) is 0 Å². The molecule has 4 heteroatoms. The second-order valence-corrected chi connectivity index (χ2v) is 4.24. The average molecular weight is 204 g/mol. The van der Waals surface area contributed by atoms with E-state index in [0.29, 0.717) is 16.8 Å². The molecule has 1 saturated heterocycles. The second kappa shape index (κ2) is 2.58. The number of quaternary nitrogens is 1. The second-order valence-electron chi connectivity index (χ2n) is 4.24. The summed E-state index contributed by atoms with van der Waals surface area (Å²) < 4.78 is 5.70. The number of hydrogen-bond acceptors (Lipinski definition) is 3. The first-order valence-electron chi connectivity index (χ1n) is 5.20. The van der Waals surface area contributed by atoms with Crippen LogP contribution in [0.3, 0.4) is 0 Å². The Morgan fingerprint density at radius 2 is 1.80 bits per heavy atom. The Balaban J connectivity index is 2.17. The lowest BCUT2D eigenvalue weighted by molar-refractivity contribution is -0.840. The van der Waals surface area contributed by atoms with Gasteiger partial charge in [-0.3, -0.25) is 0 Å². The van der Waals surface area contributed by atoms with E-state index < -0.39 is 0 Å². The minimum atomic E-state index is 0.503. The molecule has 0 saturated carbocycles. The number of rotatable bonds is 1. The Morgan fingerprint density at radius 1 is 1.13 bits per heavy atom. The van der Waals surface area contributed by atoms with E-state index in [2.05, 4.69) is 24.1 Å². The predicted octanol–water partition coefficient (Wildman–Crippen LogP) is 0.385. The van der Waals surface area contributed by atoms with E-state index in [4.69, 9.17) is 4.74 Å². The number of methoxy groups -OCH3 is 1. The number of benzene rings is 1. The highest BCUT2D eigenvalue weighted by Crippen LogP contribution is 2.40. The van der Waals surface area contributed by atoms with Gasteiger partial charge in [-0.2, -0.15) is 0 Å². The van der Waals surface area contributed by atoms with Gasteiger partial charge >= 0.3 is 0 Å². The van der Waals surface area contributed by atoms with Crippen LogP contribution in [0.5, 0.6) is 5.75 Å². The van der Waals surface area contributed by atoms with Gasteiger partial charge in [-0.15, -0.1) is 0 Å². The van der Waals surface area contributed by atoms with Crippen molar-refractivity contribution in [2.75, 3.05) is 7.11 Å². The first-order valence-corrected chi connectivity index (χ1v) is 5.20. The fourth-order valence-electron chi connectivity index (χ4n) is 2.17. The van der Waals surface area contributed by atoms with Crippen molar-refractivity contribution < 1.29 is 9.44 Å². The molecule has 78 valence electrons. The van der Waals surface area contributed by atoms with Crippen molar-refractivity contribution in [1.82, 2.24) is 0 Å². The van der Waals surface area contributed by atoms with Crippen molar-refractivity contribution in [2.45, 2.75) is 25.9 Å². The minimum absolute atomic E-state index is 0.503. The van der Waals surface area contributed by atoms with Gasteiger partial charge in [0.1, 0.15) is 5.75 Å². The Morgan fingerprint density at radius 3 is 2.40 bits per heavy atom. The van der Waals surface area contributed by atoms with E-state index in [9.17, 15) is 0 Å². The lowest BCUT2D eigenvalue weighted by Crippen LogP contribution is -2.20. The fraction of sp³-hybridized carbons (Fsp3) is 0.455. The van der Waals surface area contributed by atoms with Crippen LogP contribution in [-0.2, 0) is 0 Å². The van der Waals surface area contributed by atoms with Crippen molar-refractivity contribution in [1.29, 1.82) is 0 Å². The van der Waals surface area contributed by atoms with Gasteiger partial charge in [0.2, 0.25) is 0 Å². The van der Waals surface area contributed by atoms with Crippen LogP contribution in [0.4, 0.5) is 0 Å². The van der Waals surface area contributed by atoms with Crippen LogP contribution in [0.15, 0.2) is 28.4 Å². The van der Waals surface area contributed by atoms with E-state index >= 15 is 0 Å². The molecule has 1 spiro atoms. The molecule has 1 fully saturated rings. The highest BCUT2D eigenvalue weighted by molar-refractivity contribution is 5.20. The standard InChI is InChI=1S/C11H14N3O/c1-7-8(2)14(7)12-10-5-4-9(15-3)6-11(10)13-14/h4-8H,1-3H3/q+1/t7-,8?,14?/m0/s1. The van der Waals surface area contributed by atoms with Gasteiger partial charge in [0.25, 0.3) is 0 Å². The molecule has 2 aliphatic rings. The third kappa shape index (κ3) is 0.997. The number of ether oxygens (including phenoxy) is 1. The first kappa shape index (κ1) is 8.85. The average Bonchev–Trinajstić information content (AvgIpc) is 2.69. The molecule has 3 rings (SSSR count). The zero-order chi connectivity index (χ0) is 10.6. The molecule has 1 aromatic rings. The third-order valence-corrected chi connectivity index (χ3v) is 3.53. The summed E-state index contributed by atoms with van der Waals surface area (Å²) in [6.45, 7) is 4.36. The molecule has 0 aromatic heterocycles. The van der Waals surface area contributed by atoms with Crippen LogP contribution >= 0.6 is 0 Å². The summed E-state index contributed by atoms with van der Waals surface area (Å²) in [7, 11) is 1.67. The lowest BCUT2D eigenvalue weighted by Gasteiger charge is -1.97. The molecule has 0 N–H and O–H groups in total. The molecular formula is C11H14N3O+. The largest absolute Gasteiger partial charge is 0.497 e. The van der Waals surface area contributed by atoms with Gasteiger partial charge in [0.15, 0.2) is 22.8 Å². The zero-order valence-corrected chi connectivity index (χ0v) is 9.14. The zero-order valence-electron chi connectivity index (χ0n) is 9.14. The van der Waals surface area contributed by atoms with E-state index in [0.717, 1.165) is 16.5 Å². The quantitative estimate of drug-likeness (QED) is 0.481. The van der Waals surface area contributed by atoms with Crippen LogP contribution in [0.2, 0.25) is 0 Å². The molecule has 15 heavy (non-hydrogen) atoms. The molecule has 2 unspecified atom stereocenters. The Labute approximate surface area is 88.1 Å². The number of nitrogens with zero attached hydrogens (tertiary/aromatic N) is 3. The summed E-state index contributed by atoms with van der Waals surface area (Å²) in [6.07, 6.45) is 0. The molecule has 1 aromatic carbocycles. The Kier molecular flexibility index (Phi) is 1.52. The molecule has 3 atom stereocenters. The molecule has 0 amide bonds. The van der Waals surface area contributed by atoms with Gasteiger partial charge in [-0.25, -0.2) is 0 Å². The van der Waals surface area contributed by atoms with Crippen molar-refractivity contribution in [3.05, 3.63) is 28.9 Å². The van der Waals surface area contributed by atoms with Crippen molar-refractivity contribution in [2.24, 2.45) is 10.2 Å². The summed E-state index contributed by atoms with van der Waals surface area (Å²) in [5, 5.41) is 11.2. The van der Waals surface area contributed by atoms with Gasteiger partial charge in [-0.1, -0.05) is 14.9 Å².